The van der Waals surface area contributed by atoms with Crippen LogP contribution in [0.4, 0.5) is 13.2 Å². The van der Waals surface area contributed by atoms with Crippen LogP contribution in [-0.4, -0.2) is 29.8 Å². The Hall–Kier alpha value is -3.56. The minimum absolute atomic E-state index is 0.0376. The fraction of sp³-hybridized carbons (Fsp3) is 0.211. The van der Waals surface area contributed by atoms with Crippen LogP contribution in [0.3, 0.4) is 0 Å². The largest absolute Gasteiger partial charge is 0.493 e. The number of carbonyl (C=O) groups is 1. The zero-order chi connectivity index (χ0) is 20.8. The minimum Gasteiger partial charge on any atom is -0.493 e. The zero-order valence-electron chi connectivity index (χ0n) is 15.1. The van der Waals surface area contributed by atoms with Crippen LogP contribution in [0.15, 0.2) is 47.0 Å². The Morgan fingerprint density at radius 2 is 1.90 bits per heavy atom. The van der Waals surface area contributed by atoms with Crippen LogP contribution >= 0.6 is 0 Å². The second kappa shape index (κ2) is 9.09. The van der Waals surface area contributed by atoms with Crippen LogP contribution in [0.25, 0.3) is 11.4 Å². The van der Waals surface area contributed by atoms with Gasteiger partial charge in [-0.05, 0) is 35.9 Å². The highest BCUT2D eigenvalue weighted by Gasteiger charge is 2.16. The molecule has 0 saturated heterocycles. The first kappa shape index (κ1) is 20.2. The molecule has 1 aromatic heterocycles. The molecule has 3 aromatic rings. The van der Waals surface area contributed by atoms with Gasteiger partial charge in [-0.2, -0.15) is 13.8 Å². The zero-order valence-corrected chi connectivity index (χ0v) is 15.1. The summed E-state index contributed by atoms with van der Waals surface area (Å²) in [6.07, 6.45) is -0.0376. The third kappa shape index (κ3) is 5.47. The Morgan fingerprint density at radius 1 is 1.14 bits per heavy atom. The fourth-order valence-electron chi connectivity index (χ4n) is 2.39. The normalized spacial score (nSPS) is 10.8. The summed E-state index contributed by atoms with van der Waals surface area (Å²) in [4.78, 5) is 15.9. The van der Waals surface area contributed by atoms with Gasteiger partial charge >= 0.3 is 12.6 Å². The van der Waals surface area contributed by atoms with E-state index in [1.165, 1.54) is 49.6 Å². The number of hydrogen-bond acceptors (Lipinski definition) is 7. The molecule has 0 unspecified atom stereocenters. The van der Waals surface area contributed by atoms with Gasteiger partial charge in [-0.15, -0.1) is 0 Å². The molecule has 1 heterocycles. The molecule has 2 aromatic carbocycles. The predicted octanol–water partition coefficient (Wildman–Crippen LogP) is 3.77. The maximum absolute atomic E-state index is 12.9. The molecule has 0 spiro atoms. The summed E-state index contributed by atoms with van der Waals surface area (Å²) in [5.41, 5.74) is 1.02. The third-order valence-corrected chi connectivity index (χ3v) is 3.72. The molecule has 29 heavy (non-hydrogen) atoms. The quantitative estimate of drug-likeness (QED) is 0.525. The SMILES string of the molecule is COc1cc(-c2noc(COC(=O)Cc3ccc(F)cc3)n2)ccc1OC(F)F. The molecule has 10 heteroatoms. The van der Waals surface area contributed by atoms with Gasteiger partial charge in [0.25, 0.3) is 5.89 Å². The second-order valence-electron chi connectivity index (χ2n) is 5.72. The smallest absolute Gasteiger partial charge is 0.387 e. The molecule has 0 saturated carbocycles. The number of hydrogen-bond donors (Lipinski definition) is 0. The maximum atomic E-state index is 12.9. The summed E-state index contributed by atoms with van der Waals surface area (Å²) in [5.74, 6) is -0.821. The molecule has 0 amide bonds. The van der Waals surface area contributed by atoms with E-state index < -0.39 is 18.4 Å². The molecule has 0 aliphatic carbocycles. The highest BCUT2D eigenvalue weighted by molar-refractivity contribution is 5.72. The predicted molar refractivity (Wildman–Crippen MR) is 92.8 cm³/mol. The average Bonchev–Trinajstić information content (AvgIpc) is 3.17. The highest BCUT2D eigenvalue weighted by atomic mass is 19.3. The molecule has 0 radical (unpaired) electrons. The van der Waals surface area contributed by atoms with Crippen molar-refractivity contribution in [2.24, 2.45) is 0 Å². The van der Waals surface area contributed by atoms with E-state index in [1.807, 2.05) is 0 Å². The topological polar surface area (TPSA) is 83.7 Å². The van der Waals surface area contributed by atoms with Gasteiger partial charge in [0.15, 0.2) is 18.1 Å². The molecule has 0 fully saturated rings. The van der Waals surface area contributed by atoms with Crippen molar-refractivity contribution in [2.45, 2.75) is 19.6 Å². The number of ether oxygens (including phenoxy) is 3. The summed E-state index contributed by atoms with van der Waals surface area (Å²) in [5, 5.41) is 3.76. The standard InChI is InChI=1S/C19H15F3N2O5/c1-26-15-9-12(4-7-14(15)28-19(21)22)18-23-16(29-24-18)10-27-17(25)8-11-2-5-13(20)6-3-11/h2-7,9,19H,8,10H2,1H3. The number of carbonyl (C=O) groups excluding carboxylic acids is 1. The lowest BCUT2D eigenvalue weighted by molar-refractivity contribution is -0.144. The molecule has 3 rings (SSSR count). The van der Waals surface area contributed by atoms with E-state index in [0.717, 1.165) is 0 Å². The number of rotatable bonds is 8. The lowest BCUT2D eigenvalue weighted by Crippen LogP contribution is -2.08. The Labute approximate surface area is 163 Å². The Morgan fingerprint density at radius 3 is 2.59 bits per heavy atom. The van der Waals surface area contributed by atoms with Crippen LogP contribution in [0.2, 0.25) is 0 Å². The number of aromatic nitrogens is 2. The summed E-state index contributed by atoms with van der Waals surface area (Å²) >= 11 is 0. The Kier molecular flexibility index (Phi) is 6.32. The van der Waals surface area contributed by atoms with Gasteiger partial charge in [0.2, 0.25) is 5.82 Å². The van der Waals surface area contributed by atoms with Crippen LogP contribution in [0, 0.1) is 5.82 Å². The van der Waals surface area contributed by atoms with Crippen molar-refractivity contribution in [3.8, 4) is 22.9 Å². The molecule has 0 aliphatic heterocycles. The molecular weight excluding hydrogens is 393 g/mol. The van der Waals surface area contributed by atoms with E-state index in [4.69, 9.17) is 14.0 Å². The molecular formula is C19H15F3N2O5. The second-order valence-corrected chi connectivity index (χ2v) is 5.72. The number of nitrogens with zero attached hydrogens (tertiary/aromatic N) is 2. The molecule has 152 valence electrons. The third-order valence-electron chi connectivity index (χ3n) is 3.72. The van der Waals surface area contributed by atoms with Gasteiger partial charge in [0, 0.05) is 5.56 Å². The first-order valence-corrected chi connectivity index (χ1v) is 8.30. The van der Waals surface area contributed by atoms with E-state index in [-0.39, 0.29) is 36.2 Å². The lowest BCUT2D eigenvalue weighted by atomic mass is 10.1. The van der Waals surface area contributed by atoms with E-state index >= 15 is 0 Å². The van der Waals surface area contributed by atoms with Gasteiger partial charge in [-0.25, -0.2) is 4.39 Å². The lowest BCUT2D eigenvalue weighted by Gasteiger charge is -2.10. The van der Waals surface area contributed by atoms with Crippen molar-refractivity contribution in [3.63, 3.8) is 0 Å². The van der Waals surface area contributed by atoms with E-state index in [0.29, 0.717) is 11.1 Å². The van der Waals surface area contributed by atoms with Crippen molar-refractivity contribution in [2.75, 3.05) is 7.11 Å². The number of methoxy groups -OCH3 is 1. The monoisotopic (exact) mass is 408 g/mol. The summed E-state index contributed by atoms with van der Waals surface area (Å²) in [6, 6.07) is 9.62. The van der Waals surface area contributed by atoms with Crippen molar-refractivity contribution < 1.29 is 36.7 Å². The number of esters is 1. The van der Waals surface area contributed by atoms with Crippen LogP contribution < -0.4 is 9.47 Å². The summed E-state index contributed by atoms with van der Waals surface area (Å²) in [7, 11) is 1.31. The maximum Gasteiger partial charge on any atom is 0.387 e. The van der Waals surface area contributed by atoms with Crippen LogP contribution in [-0.2, 0) is 22.6 Å². The molecule has 0 N–H and O–H groups in total. The van der Waals surface area contributed by atoms with Crippen molar-refractivity contribution >= 4 is 5.97 Å². The Bertz CT molecular complexity index is 976. The van der Waals surface area contributed by atoms with Gasteiger partial charge in [0.05, 0.1) is 13.5 Å². The van der Waals surface area contributed by atoms with Gasteiger partial charge in [-0.1, -0.05) is 17.3 Å². The van der Waals surface area contributed by atoms with Gasteiger partial charge < -0.3 is 18.7 Å². The van der Waals surface area contributed by atoms with Crippen LogP contribution in [0.5, 0.6) is 11.5 Å². The molecule has 0 atom stereocenters. The summed E-state index contributed by atoms with van der Waals surface area (Å²) in [6.45, 7) is -3.24. The summed E-state index contributed by atoms with van der Waals surface area (Å²) < 4.78 is 57.1. The number of halogens is 3. The van der Waals surface area contributed by atoms with Crippen molar-refractivity contribution in [1.82, 2.24) is 10.1 Å². The van der Waals surface area contributed by atoms with E-state index in [2.05, 4.69) is 14.9 Å². The van der Waals surface area contributed by atoms with E-state index in [1.54, 1.807) is 0 Å². The Balaban J connectivity index is 1.61. The average molecular weight is 408 g/mol. The molecule has 0 aliphatic rings. The number of alkyl halides is 2. The van der Waals surface area contributed by atoms with Crippen molar-refractivity contribution in [3.05, 3.63) is 59.7 Å². The first-order chi connectivity index (χ1) is 13.9. The molecule has 0 bridgehead atoms. The fourth-order valence-corrected chi connectivity index (χ4v) is 2.39. The number of benzene rings is 2. The van der Waals surface area contributed by atoms with Gasteiger partial charge in [-0.3, -0.25) is 4.79 Å². The van der Waals surface area contributed by atoms with Crippen LogP contribution in [0.1, 0.15) is 11.5 Å². The van der Waals surface area contributed by atoms with Crippen molar-refractivity contribution in [1.29, 1.82) is 0 Å². The minimum atomic E-state index is -2.99. The highest BCUT2D eigenvalue weighted by Crippen LogP contribution is 2.32. The first-order valence-electron chi connectivity index (χ1n) is 8.30. The van der Waals surface area contributed by atoms with E-state index in [9.17, 15) is 18.0 Å². The molecule has 7 nitrogen and oxygen atoms in total. The van der Waals surface area contributed by atoms with Gasteiger partial charge in [0.1, 0.15) is 5.82 Å².